The number of thiazole rings is 1. The molecule has 0 bridgehead atoms. The maximum absolute atomic E-state index is 13.4. The first kappa shape index (κ1) is 15.5. The van der Waals surface area contributed by atoms with Crippen LogP contribution in [0, 0.1) is 19.7 Å². The summed E-state index contributed by atoms with van der Waals surface area (Å²) in [5.41, 5.74) is 3.64. The number of aryl methyl sites for hydroxylation is 2. The lowest BCUT2D eigenvalue weighted by Crippen LogP contribution is -1.92. The Morgan fingerprint density at radius 1 is 0.960 bits per heavy atom. The van der Waals surface area contributed by atoms with Crippen LogP contribution in [0.3, 0.4) is 0 Å². The highest BCUT2D eigenvalue weighted by Crippen LogP contribution is 2.27. The Bertz CT molecular complexity index is 1060. The van der Waals surface area contributed by atoms with Gasteiger partial charge in [0.15, 0.2) is 5.01 Å². The van der Waals surface area contributed by atoms with Crippen LogP contribution in [0.4, 0.5) is 4.39 Å². The van der Waals surface area contributed by atoms with Crippen molar-refractivity contribution >= 4 is 11.3 Å². The molecule has 0 atom stereocenters. The second kappa shape index (κ2) is 6.14. The fourth-order valence-electron chi connectivity index (χ4n) is 2.39. The Kier molecular flexibility index (Phi) is 3.81. The van der Waals surface area contributed by atoms with Crippen molar-refractivity contribution < 1.29 is 8.91 Å². The summed E-state index contributed by atoms with van der Waals surface area (Å²) < 4.78 is 18.7. The number of pyridine rings is 2. The zero-order valence-electron chi connectivity index (χ0n) is 13.4. The molecule has 0 fully saturated rings. The van der Waals surface area contributed by atoms with Gasteiger partial charge in [0, 0.05) is 28.5 Å². The molecule has 6 nitrogen and oxygen atoms in total. The Morgan fingerprint density at radius 3 is 2.60 bits per heavy atom. The average Bonchev–Trinajstić information content (AvgIpc) is 3.23. The summed E-state index contributed by atoms with van der Waals surface area (Å²) in [7, 11) is 0. The zero-order valence-corrected chi connectivity index (χ0v) is 14.2. The molecule has 0 amide bonds. The van der Waals surface area contributed by atoms with E-state index in [1.807, 2.05) is 25.3 Å². The molecule has 4 aromatic rings. The second-order valence-corrected chi connectivity index (χ2v) is 6.35. The number of rotatable bonds is 3. The molecule has 0 radical (unpaired) electrons. The van der Waals surface area contributed by atoms with E-state index in [1.165, 1.54) is 23.6 Å². The first-order valence-electron chi connectivity index (χ1n) is 7.45. The van der Waals surface area contributed by atoms with Crippen molar-refractivity contribution in [3.63, 3.8) is 0 Å². The molecule has 0 aromatic carbocycles. The Balaban J connectivity index is 1.75. The van der Waals surface area contributed by atoms with E-state index in [2.05, 4.69) is 25.1 Å². The second-order valence-electron chi connectivity index (χ2n) is 5.49. The van der Waals surface area contributed by atoms with Crippen molar-refractivity contribution in [2.45, 2.75) is 13.8 Å². The molecule has 4 rings (SSSR count). The van der Waals surface area contributed by atoms with Crippen LogP contribution in [0.5, 0.6) is 0 Å². The SMILES string of the molecule is Cc1cc(-c2cncc(F)c2)cc(-c2noc(-c3nc(C)cs3)n2)n1. The summed E-state index contributed by atoms with van der Waals surface area (Å²) in [6, 6.07) is 5.06. The van der Waals surface area contributed by atoms with Crippen molar-refractivity contribution in [3.05, 3.63) is 53.2 Å². The molecule has 8 heteroatoms. The molecule has 0 unspecified atom stereocenters. The van der Waals surface area contributed by atoms with Crippen LogP contribution in [0.2, 0.25) is 0 Å². The normalized spacial score (nSPS) is 11.0. The molecule has 0 aliphatic rings. The predicted molar refractivity (Wildman–Crippen MR) is 91.3 cm³/mol. The van der Waals surface area contributed by atoms with Gasteiger partial charge in [-0.3, -0.25) is 4.98 Å². The van der Waals surface area contributed by atoms with Crippen LogP contribution in [0.15, 0.2) is 40.5 Å². The van der Waals surface area contributed by atoms with Crippen molar-refractivity contribution in [3.8, 4) is 33.5 Å². The number of halogens is 1. The summed E-state index contributed by atoms with van der Waals surface area (Å²) in [5.74, 6) is 0.317. The standard InChI is InChI=1S/C17H12FN5OS/c1-9-3-11(12-4-13(18)7-19-6-12)5-14(20-9)15-22-16(24-23-15)17-21-10(2)8-25-17/h3-8H,1-2H3. The van der Waals surface area contributed by atoms with Crippen molar-refractivity contribution in [1.82, 2.24) is 25.1 Å². The number of aromatic nitrogens is 5. The molecule has 0 saturated heterocycles. The third-order valence-corrected chi connectivity index (χ3v) is 4.40. The fourth-order valence-corrected chi connectivity index (χ4v) is 3.10. The highest BCUT2D eigenvalue weighted by molar-refractivity contribution is 7.13. The van der Waals surface area contributed by atoms with Crippen molar-refractivity contribution in [2.75, 3.05) is 0 Å². The molecule has 0 spiro atoms. The van der Waals surface area contributed by atoms with E-state index in [0.717, 1.165) is 17.0 Å². The minimum Gasteiger partial charge on any atom is -0.331 e. The summed E-state index contributed by atoms with van der Waals surface area (Å²) in [6.45, 7) is 3.75. The van der Waals surface area contributed by atoms with Crippen molar-refractivity contribution in [2.24, 2.45) is 0 Å². The zero-order chi connectivity index (χ0) is 17.4. The Hall–Kier alpha value is -3.00. The van der Waals surface area contributed by atoms with Gasteiger partial charge in [-0.25, -0.2) is 14.4 Å². The van der Waals surface area contributed by atoms with Crippen LogP contribution < -0.4 is 0 Å². The highest BCUT2D eigenvalue weighted by Gasteiger charge is 2.15. The minimum atomic E-state index is -0.394. The minimum absolute atomic E-state index is 0.352. The van der Waals surface area contributed by atoms with Crippen LogP contribution in [-0.2, 0) is 0 Å². The molecule has 25 heavy (non-hydrogen) atoms. The third-order valence-electron chi connectivity index (χ3n) is 3.45. The topological polar surface area (TPSA) is 77.6 Å². The van der Waals surface area contributed by atoms with Gasteiger partial charge in [0.25, 0.3) is 5.89 Å². The molecule has 0 aliphatic carbocycles. The van der Waals surface area contributed by atoms with Gasteiger partial charge in [0.2, 0.25) is 5.82 Å². The maximum atomic E-state index is 13.4. The van der Waals surface area contributed by atoms with Crippen molar-refractivity contribution in [1.29, 1.82) is 0 Å². The first-order valence-corrected chi connectivity index (χ1v) is 8.32. The van der Waals surface area contributed by atoms with Gasteiger partial charge in [0.1, 0.15) is 11.5 Å². The molecule has 0 N–H and O–H groups in total. The summed E-state index contributed by atoms with van der Waals surface area (Å²) in [6.07, 6.45) is 2.77. The molecular formula is C17H12FN5OS. The maximum Gasteiger partial charge on any atom is 0.287 e. The summed E-state index contributed by atoms with van der Waals surface area (Å²) >= 11 is 1.44. The van der Waals surface area contributed by atoms with Gasteiger partial charge in [0.05, 0.1) is 6.20 Å². The van der Waals surface area contributed by atoms with E-state index < -0.39 is 5.82 Å². The molecule has 4 heterocycles. The van der Waals surface area contributed by atoms with Crippen LogP contribution >= 0.6 is 11.3 Å². The van der Waals surface area contributed by atoms with E-state index in [9.17, 15) is 4.39 Å². The van der Waals surface area contributed by atoms with Gasteiger partial charge >= 0.3 is 0 Å². The van der Waals surface area contributed by atoms with E-state index in [1.54, 1.807) is 12.3 Å². The fraction of sp³-hybridized carbons (Fsp3) is 0.118. The molecule has 0 aliphatic heterocycles. The van der Waals surface area contributed by atoms with Crippen LogP contribution in [0.1, 0.15) is 11.4 Å². The van der Waals surface area contributed by atoms with Crippen LogP contribution in [0.25, 0.3) is 33.5 Å². The summed E-state index contributed by atoms with van der Waals surface area (Å²) in [5, 5.41) is 6.57. The molecule has 0 saturated carbocycles. The summed E-state index contributed by atoms with van der Waals surface area (Å²) in [4.78, 5) is 17.0. The lowest BCUT2D eigenvalue weighted by Gasteiger charge is -2.04. The number of nitrogens with zero attached hydrogens (tertiary/aromatic N) is 5. The van der Waals surface area contributed by atoms with Gasteiger partial charge in [-0.2, -0.15) is 4.98 Å². The van der Waals surface area contributed by atoms with Gasteiger partial charge < -0.3 is 4.52 Å². The number of hydrogen-bond donors (Lipinski definition) is 0. The highest BCUT2D eigenvalue weighted by atomic mass is 32.1. The number of hydrogen-bond acceptors (Lipinski definition) is 7. The smallest absolute Gasteiger partial charge is 0.287 e. The lowest BCUT2D eigenvalue weighted by molar-refractivity contribution is 0.432. The lowest BCUT2D eigenvalue weighted by atomic mass is 10.1. The van der Waals surface area contributed by atoms with E-state index in [4.69, 9.17) is 4.52 Å². The van der Waals surface area contributed by atoms with Crippen LogP contribution in [-0.4, -0.2) is 25.1 Å². The largest absolute Gasteiger partial charge is 0.331 e. The quantitative estimate of drug-likeness (QED) is 0.552. The molecular weight excluding hydrogens is 341 g/mol. The van der Waals surface area contributed by atoms with E-state index >= 15 is 0 Å². The van der Waals surface area contributed by atoms with Gasteiger partial charge in [-0.15, -0.1) is 11.3 Å². The first-order chi connectivity index (χ1) is 12.1. The average molecular weight is 353 g/mol. The molecule has 124 valence electrons. The van der Waals surface area contributed by atoms with E-state index in [0.29, 0.717) is 28.0 Å². The Morgan fingerprint density at radius 2 is 1.84 bits per heavy atom. The van der Waals surface area contributed by atoms with Gasteiger partial charge in [-0.1, -0.05) is 5.16 Å². The monoisotopic (exact) mass is 353 g/mol. The van der Waals surface area contributed by atoms with Gasteiger partial charge in [-0.05, 0) is 37.6 Å². The predicted octanol–water partition coefficient (Wildman–Crippen LogP) is 4.07. The Labute approximate surface area is 146 Å². The third kappa shape index (κ3) is 3.16. The van der Waals surface area contributed by atoms with E-state index in [-0.39, 0.29) is 0 Å². The molecule has 4 aromatic heterocycles.